The Morgan fingerprint density at radius 3 is 2.21 bits per heavy atom. The minimum absolute atomic E-state index is 0.183. The highest BCUT2D eigenvalue weighted by Crippen LogP contribution is 2.17. The number of halogens is 1. The molecule has 1 fully saturated rings. The van der Waals surface area contributed by atoms with E-state index in [1.54, 1.807) is 12.1 Å². The lowest BCUT2D eigenvalue weighted by molar-refractivity contribution is -0.139. The molecule has 29 heavy (non-hydrogen) atoms. The first-order valence-electron chi connectivity index (χ1n) is 9.84. The summed E-state index contributed by atoms with van der Waals surface area (Å²) in [5.41, 5.74) is 3.12. The summed E-state index contributed by atoms with van der Waals surface area (Å²) < 4.78 is 18.2. The average molecular weight is 399 g/mol. The van der Waals surface area contributed by atoms with Crippen molar-refractivity contribution in [1.29, 1.82) is 0 Å². The molecule has 0 spiro atoms. The molecule has 0 saturated carbocycles. The van der Waals surface area contributed by atoms with E-state index in [2.05, 4.69) is 39.8 Å². The van der Waals surface area contributed by atoms with Gasteiger partial charge >= 0.3 is 11.8 Å². The van der Waals surface area contributed by atoms with Crippen LogP contribution in [0.15, 0.2) is 48.5 Å². The van der Waals surface area contributed by atoms with Crippen molar-refractivity contribution in [1.82, 2.24) is 10.6 Å². The van der Waals surface area contributed by atoms with E-state index < -0.39 is 11.8 Å². The van der Waals surface area contributed by atoms with Crippen LogP contribution in [0.4, 0.5) is 10.1 Å². The second-order valence-electron chi connectivity index (χ2n) is 6.93. The van der Waals surface area contributed by atoms with Gasteiger partial charge in [0.25, 0.3) is 0 Å². The third-order valence-corrected chi connectivity index (χ3v) is 4.81. The maximum atomic E-state index is 12.9. The fourth-order valence-corrected chi connectivity index (χ4v) is 3.13. The van der Waals surface area contributed by atoms with Gasteiger partial charge in [0.2, 0.25) is 0 Å². The number of nitrogens with one attached hydrogen (secondary N) is 2. The highest BCUT2D eigenvalue weighted by molar-refractivity contribution is 6.35. The molecule has 1 aliphatic rings. The summed E-state index contributed by atoms with van der Waals surface area (Å²) in [5, 5.41) is 5.16. The number of rotatable bonds is 7. The Bertz CT molecular complexity index is 803. The molecule has 0 aromatic heterocycles. The molecular formula is C22H26FN3O3. The molecule has 0 radical (unpaired) electrons. The summed E-state index contributed by atoms with van der Waals surface area (Å²) in [5.74, 6) is -1.69. The third kappa shape index (κ3) is 6.57. The summed E-state index contributed by atoms with van der Waals surface area (Å²) in [7, 11) is 0. The Morgan fingerprint density at radius 1 is 0.897 bits per heavy atom. The van der Waals surface area contributed by atoms with Crippen molar-refractivity contribution in [2.45, 2.75) is 19.4 Å². The Kier molecular flexibility index (Phi) is 7.58. The van der Waals surface area contributed by atoms with Crippen molar-refractivity contribution < 1.29 is 18.7 Å². The molecule has 154 valence electrons. The molecule has 2 N–H and O–H groups in total. The normalized spacial score (nSPS) is 13.8. The molecule has 2 aromatic rings. The molecule has 0 aliphatic carbocycles. The number of anilines is 1. The van der Waals surface area contributed by atoms with Gasteiger partial charge in [-0.05, 0) is 48.2 Å². The number of hydrogen-bond donors (Lipinski definition) is 2. The Balaban J connectivity index is 1.33. The quantitative estimate of drug-likeness (QED) is 0.552. The highest BCUT2D eigenvalue weighted by atomic mass is 19.1. The maximum absolute atomic E-state index is 12.9. The number of benzene rings is 2. The van der Waals surface area contributed by atoms with Crippen LogP contribution in [0.3, 0.4) is 0 Å². The Labute approximate surface area is 170 Å². The van der Waals surface area contributed by atoms with E-state index in [-0.39, 0.29) is 12.4 Å². The minimum Gasteiger partial charge on any atom is -0.378 e. The smallest absolute Gasteiger partial charge is 0.309 e. The Morgan fingerprint density at radius 2 is 1.52 bits per heavy atom. The zero-order valence-corrected chi connectivity index (χ0v) is 16.3. The van der Waals surface area contributed by atoms with Crippen LogP contribution < -0.4 is 15.5 Å². The summed E-state index contributed by atoms with van der Waals surface area (Å²) in [6.45, 7) is 3.96. The number of hydrogen-bond acceptors (Lipinski definition) is 4. The van der Waals surface area contributed by atoms with E-state index in [9.17, 15) is 14.0 Å². The predicted molar refractivity (Wildman–Crippen MR) is 109 cm³/mol. The molecule has 1 aliphatic heterocycles. The Hall–Kier alpha value is -2.93. The monoisotopic (exact) mass is 399 g/mol. The van der Waals surface area contributed by atoms with E-state index in [0.717, 1.165) is 44.7 Å². The number of ether oxygens (including phenoxy) is 1. The topological polar surface area (TPSA) is 70.7 Å². The second-order valence-corrected chi connectivity index (χ2v) is 6.93. The largest absolute Gasteiger partial charge is 0.378 e. The van der Waals surface area contributed by atoms with E-state index in [4.69, 9.17) is 4.74 Å². The number of aryl methyl sites for hydroxylation is 1. The van der Waals surface area contributed by atoms with Gasteiger partial charge in [-0.25, -0.2) is 4.39 Å². The molecule has 0 bridgehead atoms. The van der Waals surface area contributed by atoms with Crippen LogP contribution >= 0.6 is 0 Å². The average Bonchev–Trinajstić information content (AvgIpc) is 2.77. The first-order valence-corrected chi connectivity index (χ1v) is 9.84. The van der Waals surface area contributed by atoms with Gasteiger partial charge in [-0.3, -0.25) is 9.59 Å². The van der Waals surface area contributed by atoms with Crippen molar-refractivity contribution in [2.24, 2.45) is 0 Å². The SMILES string of the molecule is O=C(NCCCc1ccc(N2CCOCC2)cc1)C(=O)NCc1ccc(F)cc1. The van der Waals surface area contributed by atoms with Crippen LogP contribution in [-0.4, -0.2) is 44.7 Å². The van der Waals surface area contributed by atoms with Gasteiger partial charge in [0.1, 0.15) is 5.82 Å². The number of morpholine rings is 1. The summed E-state index contributed by atoms with van der Waals surface area (Å²) in [4.78, 5) is 26.0. The minimum atomic E-state index is -0.691. The van der Waals surface area contributed by atoms with Crippen LogP contribution in [0.1, 0.15) is 17.5 Å². The van der Waals surface area contributed by atoms with Gasteiger partial charge in [-0.15, -0.1) is 0 Å². The van der Waals surface area contributed by atoms with Crippen LogP contribution in [0, 0.1) is 5.82 Å². The number of nitrogens with zero attached hydrogens (tertiary/aromatic N) is 1. The van der Waals surface area contributed by atoms with Gasteiger partial charge in [0.05, 0.1) is 13.2 Å². The van der Waals surface area contributed by atoms with Crippen molar-refractivity contribution in [2.75, 3.05) is 37.7 Å². The molecule has 6 nitrogen and oxygen atoms in total. The second kappa shape index (κ2) is 10.6. The molecule has 0 atom stereocenters. The van der Waals surface area contributed by atoms with Gasteiger partial charge in [-0.2, -0.15) is 0 Å². The molecular weight excluding hydrogens is 373 g/mol. The first kappa shape index (κ1) is 20.8. The van der Waals surface area contributed by atoms with Crippen molar-refractivity contribution >= 4 is 17.5 Å². The molecule has 1 heterocycles. The molecule has 7 heteroatoms. The number of amides is 2. The zero-order valence-electron chi connectivity index (χ0n) is 16.3. The van der Waals surface area contributed by atoms with Gasteiger partial charge < -0.3 is 20.3 Å². The van der Waals surface area contributed by atoms with E-state index >= 15 is 0 Å². The van der Waals surface area contributed by atoms with Crippen LogP contribution in [0.25, 0.3) is 0 Å². The summed E-state index contributed by atoms with van der Waals surface area (Å²) in [6, 6.07) is 14.2. The zero-order chi connectivity index (χ0) is 20.5. The summed E-state index contributed by atoms with van der Waals surface area (Å²) in [6.07, 6.45) is 1.56. The summed E-state index contributed by atoms with van der Waals surface area (Å²) >= 11 is 0. The number of carbonyl (C=O) groups is 2. The first-order chi connectivity index (χ1) is 14.1. The fraction of sp³-hybridized carbons (Fsp3) is 0.364. The van der Waals surface area contributed by atoms with E-state index in [1.807, 2.05) is 0 Å². The van der Waals surface area contributed by atoms with Crippen LogP contribution in [-0.2, 0) is 27.3 Å². The van der Waals surface area contributed by atoms with E-state index in [1.165, 1.54) is 23.4 Å². The van der Waals surface area contributed by atoms with E-state index in [0.29, 0.717) is 6.54 Å². The van der Waals surface area contributed by atoms with Gasteiger partial charge in [0.15, 0.2) is 0 Å². The molecule has 2 aromatic carbocycles. The lowest BCUT2D eigenvalue weighted by Crippen LogP contribution is -2.40. The lowest BCUT2D eigenvalue weighted by atomic mass is 10.1. The molecule has 3 rings (SSSR count). The van der Waals surface area contributed by atoms with Crippen molar-refractivity contribution in [3.05, 3.63) is 65.5 Å². The van der Waals surface area contributed by atoms with Crippen molar-refractivity contribution in [3.63, 3.8) is 0 Å². The van der Waals surface area contributed by atoms with Crippen LogP contribution in [0.5, 0.6) is 0 Å². The number of carbonyl (C=O) groups excluding carboxylic acids is 2. The fourth-order valence-electron chi connectivity index (χ4n) is 3.13. The maximum Gasteiger partial charge on any atom is 0.309 e. The molecule has 1 saturated heterocycles. The molecule has 0 unspecified atom stereocenters. The van der Waals surface area contributed by atoms with Gasteiger partial charge in [-0.1, -0.05) is 24.3 Å². The third-order valence-electron chi connectivity index (χ3n) is 4.81. The molecule has 2 amide bonds. The van der Waals surface area contributed by atoms with Gasteiger partial charge in [0, 0.05) is 31.9 Å². The highest BCUT2D eigenvalue weighted by Gasteiger charge is 2.13. The lowest BCUT2D eigenvalue weighted by Gasteiger charge is -2.28. The predicted octanol–water partition coefficient (Wildman–Crippen LogP) is 2.03. The standard InChI is InChI=1S/C22H26FN3O3/c23-19-7-3-18(4-8-19)16-25-22(28)21(27)24-11-1-2-17-5-9-20(10-6-17)26-12-14-29-15-13-26/h3-10H,1-2,11-16H2,(H,24,27)(H,25,28). The van der Waals surface area contributed by atoms with Crippen LogP contribution in [0.2, 0.25) is 0 Å². The van der Waals surface area contributed by atoms with Crippen molar-refractivity contribution in [3.8, 4) is 0 Å².